The average molecular weight is 283 g/mol. The first-order valence-corrected chi connectivity index (χ1v) is 6.69. The number of hydrogen-bond acceptors (Lipinski definition) is 2. The number of rotatable bonds is 4. The molecule has 3 heteroatoms. The molecule has 0 spiro atoms. The van der Waals surface area contributed by atoms with Crippen LogP contribution in [0.25, 0.3) is 0 Å². The molecule has 1 aromatic rings. The Hall–Kier alpha value is -0.670. The van der Waals surface area contributed by atoms with Crippen molar-refractivity contribution in [3.63, 3.8) is 0 Å². The van der Waals surface area contributed by atoms with Crippen LogP contribution in [0.4, 0.5) is 0 Å². The molecule has 1 saturated carbocycles. The lowest BCUT2D eigenvalue weighted by atomic mass is 9.68. The van der Waals surface area contributed by atoms with E-state index < -0.39 is 5.60 Å². The Balaban J connectivity index is 2.37. The zero-order valence-electron chi connectivity index (χ0n) is 9.03. The van der Waals surface area contributed by atoms with Crippen LogP contribution >= 0.6 is 15.9 Å². The zero-order chi connectivity index (χ0) is 11.6. The van der Waals surface area contributed by atoms with Crippen molar-refractivity contribution in [3.05, 3.63) is 35.9 Å². The molecule has 0 bridgehead atoms. The first-order valence-electron chi connectivity index (χ1n) is 5.56. The third kappa shape index (κ3) is 1.82. The third-order valence-corrected chi connectivity index (χ3v) is 3.97. The van der Waals surface area contributed by atoms with Crippen molar-refractivity contribution in [1.29, 1.82) is 0 Å². The lowest BCUT2D eigenvalue weighted by molar-refractivity contribution is -0.146. The fraction of sp³-hybridized carbons (Fsp3) is 0.462. The number of benzene rings is 1. The Morgan fingerprint density at radius 1 is 1.38 bits per heavy atom. The van der Waals surface area contributed by atoms with Crippen LogP contribution in [0.1, 0.15) is 24.8 Å². The minimum atomic E-state index is -1.29. The molecule has 1 atom stereocenters. The molecule has 0 heterocycles. The van der Waals surface area contributed by atoms with Crippen molar-refractivity contribution in [1.82, 2.24) is 0 Å². The molecule has 2 nitrogen and oxygen atoms in total. The van der Waals surface area contributed by atoms with Crippen molar-refractivity contribution >= 4 is 21.7 Å². The van der Waals surface area contributed by atoms with E-state index in [1.54, 1.807) is 0 Å². The number of hydrogen-bond donors (Lipinski definition) is 1. The summed E-state index contributed by atoms with van der Waals surface area (Å²) in [5.41, 5.74) is -0.563. The number of alkyl halides is 1. The van der Waals surface area contributed by atoms with Gasteiger partial charge in [0.1, 0.15) is 0 Å². The fourth-order valence-corrected chi connectivity index (χ4v) is 2.67. The summed E-state index contributed by atoms with van der Waals surface area (Å²) < 4.78 is 0. The Bertz CT molecular complexity index is 373. The van der Waals surface area contributed by atoms with Crippen molar-refractivity contribution in [2.75, 3.05) is 5.33 Å². The molecule has 0 aromatic heterocycles. The first-order chi connectivity index (χ1) is 7.69. The van der Waals surface area contributed by atoms with Gasteiger partial charge in [-0.15, -0.1) is 0 Å². The number of carbonyl (C=O) groups excluding carboxylic acids is 1. The molecule has 1 fully saturated rings. The van der Waals surface area contributed by atoms with Gasteiger partial charge in [-0.05, 0) is 24.3 Å². The second-order valence-corrected chi connectivity index (χ2v) is 4.88. The largest absolute Gasteiger partial charge is 0.377 e. The lowest BCUT2D eigenvalue weighted by Gasteiger charge is -2.40. The van der Waals surface area contributed by atoms with Gasteiger partial charge in [-0.2, -0.15) is 0 Å². The number of aliphatic hydroxyl groups is 1. The average Bonchev–Trinajstić information content (AvgIpc) is 2.26. The van der Waals surface area contributed by atoms with Crippen molar-refractivity contribution in [2.24, 2.45) is 5.92 Å². The standard InChI is InChI=1S/C13H15BrO2/c14-9-12(15)13(16,11-7-4-8-11)10-5-2-1-3-6-10/h1-3,5-6,11,16H,4,7-9H2/t13-/m0/s1. The van der Waals surface area contributed by atoms with Gasteiger partial charge in [-0.3, -0.25) is 4.79 Å². The second-order valence-electron chi connectivity index (χ2n) is 4.32. The predicted molar refractivity (Wildman–Crippen MR) is 66.5 cm³/mol. The highest BCUT2D eigenvalue weighted by atomic mass is 79.9. The maximum atomic E-state index is 12.0. The Labute approximate surface area is 104 Å². The smallest absolute Gasteiger partial charge is 0.179 e. The molecular weight excluding hydrogens is 268 g/mol. The topological polar surface area (TPSA) is 37.3 Å². The summed E-state index contributed by atoms with van der Waals surface area (Å²) in [6.45, 7) is 0. The van der Waals surface area contributed by atoms with Crippen LogP contribution in [0.5, 0.6) is 0 Å². The Morgan fingerprint density at radius 3 is 2.44 bits per heavy atom. The fourth-order valence-electron chi connectivity index (χ4n) is 2.24. The quantitative estimate of drug-likeness (QED) is 0.862. The molecule has 2 rings (SSSR count). The number of halogens is 1. The highest BCUT2D eigenvalue weighted by Gasteiger charge is 2.46. The molecule has 1 aromatic carbocycles. The molecular formula is C13H15BrO2. The number of carbonyl (C=O) groups is 1. The highest BCUT2D eigenvalue weighted by molar-refractivity contribution is 9.09. The van der Waals surface area contributed by atoms with E-state index in [-0.39, 0.29) is 17.0 Å². The third-order valence-electron chi connectivity index (χ3n) is 3.46. The lowest BCUT2D eigenvalue weighted by Crippen LogP contribution is -2.46. The van der Waals surface area contributed by atoms with E-state index >= 15 is 0 Å². The molecule has 0 unspecified atom stereocenters. The molecule has 0 radical (unpaired) electrons. The normalized spacial score (nSPS) is 19.9. The maximum absolute atomic E-state index is 12.0. The molecule has 1 aliphatic rings. The van der Waals surface area contributed by atoms with E-state index in [1.165, 1.54) is 0 Å². The summed E-state index contributed by atoms with van der Waals surface area (Å²) in [7, 11) is 0. The van der Waals surface area contributed by atoms with E-state index in [9.17, 15) is 9.90 Å². The maximum Gasteiger partial charge on any atom is 0.179 e. The van der Waals surface area contributed by atoms with E-state index in [1.807, 2.05) is 30.3 Å². The summed E-state index contributed by atoms with van der Waals surface area (Å²) in [4.78, 5) is 12.0. The second kappa shape index (κ2) is 4.68. The highest BCUT2D eigenvalue weighted by Crippen LogP contribution is 2.43. The van der Waals surface area contributed by atoms with Crippen LogP contribution in [0.3, 0.4) is 0 Å². The van der Waals surface area contributed by atoms with E-state index in [0.29, 0.717) is 0 Å². The first kappa shape index (κ1) is 11.8. The van der Waals surface area contributed by atoms with Gasteiger partial charge in [0.2, 0.25) is 0 Å². The monoisotopic (exact) mass is 282 g/mol. The van der Waals surface area contributed by atoms with Crippen LogP contribution in [0, 0.1) is 5.92 Å². The van der Waals surface area contributed by atoms with Crippen LogP contribution in [-0.4, -0.2) is 16.2 Å². The molecule has 0 aliphatic heterocycles. The van der Waals surface area contributed by atoms with Gasteiger partial charge < -0.3 is 5.11 Å². The van der Waals surface area contributed by atoms with Crippen LogP contribution in [-0.2, 0) is 10.4 Å². The Kier molecular flexibility index (Phi) is 3.45. The summed E-state index contributed by atoms with van der Waals surface area (Å²) in [5.74, 6) is -0.0525. The van der Waals surface area contributed by atoms with Gasteiger partial charge in [0.05, 0.1) is 5.33 Å². The van der Waals surface area contributed by atoms with Crippen molar-refractivity contribution < 1.29 is 9.90 Å². The van der Waals surface area contributed by atoms with Gasteiger partial charge in [-0.1, -0.05) is 52.7 Å². The van der Waals surface area contributed by atoms with Gasteiger partial charge in [-0.25, -0.2) is 0 Å². The van der Waals surface area contributed by atoms with Crippen molar-refractivity contribution in [2.45, 2.75) is 24.9 Å². The summed E-state index contributed by atoms with van der Waals surface area (Å²) >= 11 is 3.16. The summed E-state index contributed by atoms with van der Waals surface area (Å²) in [6.07, 6.45) is 2.98. The SMILES string of the molecule is O=C(CBr)[C@](O)(c1ccccc1)C1CCC1. The molecule has 1 N–H and O–H groups in total. The molecule has 16 heavy (non-hydrogen) atoms. The number of Topliss-reactive ketones (excluding diaryl/α,β-unsaturated/α-hetero) is 1. The molecule has 1 aliphatic carbocycles. The van der Waals surface area contributed by atoms with Gasteiger partial charge in [0.15, 0.2) is 11.4 Å². The van der Waals surface area contributed by atoms with Crippen LogP contribution < -0.4 is 0 Å². The van der Waals surface area contributed by atoms with E-state index in [4.69, 9.17) is 0 Å². The van der Waals surface area contributed by atoms with Gasteiger partial charge >= 0.3 is 0 Å². The Morgan fingerprint density at radius 2 is 2.00 bits per heavy atom. The van der Waals surface area contributed by atoms with Crippen LogP contribution in [0.15, 0.2) is 30.3 Å². The summed E-state index contributed by atoms with van der Waals surface area (Å²) in [6, 6.07) is 9.28. The summed E-state index contributed by atoms with van der Waals surface area (Å²) in [5, 5.41) is 10.9. The minimum Gasteiger partial charge on any atom is -0.377 e. The molecule has 86 valence electrons. The van der Waals surface area contributed by atoms with E-state index in [2.05, 4.69) is 15.9 Å². The van der Waals surface area contributed by atoms with Crippen LogP contribution in [0.2, 0.25) is 0 Å². The van der Waals surface area contributed by atoms with Crippen molar-refractivity contribution in [3.8, 4) is 0 Å². The van der Waals surface area contributed by atoms with Gasteiger partial charge in [0.25, 0.3) is 0 Å². The number of ketones is 1. The predicted octanol–water partition coefficient (Wildman–Crippen LogP) is 2.64. The van der Waals surface area contributed by atoms with E-state index in [0.717, 1.165) is 24.8 Å². The van der Waals surface area contributed by atoms with Gasteiger partial charge in [0, 0.05) is 0 Å². The molecule has 0 amide bonds. The molecule has 0 saturated heterocycles. The minimum absolute atomic E-state index is 0.0833. The zero-order valence-corrected chi connectivity index (χ0v) is 10.6.